The van der Waals surface area contributed by atoms with Crippen molar-refractivity contribution in [1.29, 1.82) is 0 Å². The van der Waals surface area contributed by atoms with Gasteiger partial charge in [0.2, 0.25) is 10.0 Å². The summed E-state index contributed by atoms with van der Waals surface area (Å²) >= 11 is 0. The molecular formula is C26H30N2O4S. The Morgan fingerprint density at radius 3 is 2.18 bits per heavy atom. The number of sulfonamides is 1. The number of nitrogens with zero attached hydrogens (tertiary/aromatic N) is 1. The molecule has 0 fully saturated rings. The average molecular weight is 467 g/mol. The second-order valence-electron chi connectivity index (χ2n) is 7.93. The largest absolute Gasteiger partial charge is 0.494 e. The lowest BCUT2D eigenvalue weighted by Gasteiger charge is -2.26. The lowest BCUT2D eigenvalue weighted by atomic mass is 10.1. The summed E-state index contributed by atoms with van der Waals surface area (Å²) in [6, 6.07) is 20.3. The molecule has 0 spiro atoms. The SMILES string of the molecule is CCOc1ccccc1CNC(=O)c1ccc(CN(c2c(C)cccc2C)S(C)(=O)=O)cc1. The molecule has 174 valence electrons. The minimum Gasteiger partial charge on any atom is -0.494 e. The maximum Gasteiger partial charge on any atom is 0.251 e. The van der Waals surface area contributed by atoms with Gasteiger partial charge in [-0.15, -0.1) is 0 Å². The second kappa shape index (κ2) is 10.5. The van der Waals surface area contributed by atoms with E-state index >= 15 is 0 Å². The molecule has 0 atom stereocenters. The highest BCUT2D eigenvalue weighted by atomic mass is 32.2. The van der Waals surface area contributed by atoms with Crippen molar-refractivity contribution in [3.8, 4) is 5.75 Å². The molecule has 0 aliphatic heterocycles. The molecule has 0 bridgehead atoms. The van der Waals surface area contributed by atoms with E-state index in [0.29, 0.717) is 24.4 Å². The number of aryl methyl sites for hydroxylation is 2. The molecule has 1 amide bonds. The minimum absolute atomic E-state index is 0.189. The molecule has 0 radical (unpaired) electrons. The summed E-state index contributed by atoms with van der Waals surface area (Å²) < 4.78 is 32.1. The standard InChI is InChI=1S/C26H30N2O4S/c1-5-32-24-12-7-6-11-23(24)17-27-26(29)22-15-13-21(14-16-22)18-28(33(4,30)31)25-19(2)9-8-10-20(25)3/h6-16H,5,17-18H2,1-4H3,(H,27,29). The van der Waals surface area contributed by atoms with Gasteiger partial charge in [-0.1, -0.05) is 48.5 Å². The van der Waals surface area contributed by atoms with Crippen molar-refractivity contribution in [2.45, 2.75) is 33.9 Å². The lowest BCUT2D eigenvalue weighted by Crippen LogP contribution is -2.30. The summed E-state index contributed by atoms with van der Waals surface area (Å²) in [5.74, 6) is 0.547. The monoisotopic (exact) mass is 466 g/mol. The highest BCUT2D eigenvalue weighted by Gasteiger charge is 2.21. The Hall–Kier alpha value is -3.32. The van der Waals surface area contributed by atoms with Crippen LogP contribution in [0, 0.1) is 13.8 Å². The Morgan fingerprint density at radius 1 is 0.939 bits per heavy atom. The van der Waals surface area contributed by atoms with E-state index in [2.05, 4.69) is 5.32 Å². The molecule has 1 N–H and O–H groups in total. The smallest absolute Gasteiger partial charge is 0.251 e. The van der Waals surface area contributed by atoms with Gasteiger partial charge in [-0.3, -0.25) is 9.10 Å². The summed E-state index contributed by atoms with van der Waals surface area (Å²) in [5, 5.41) is 2.91. The summed E-state index contributed by atoms with van der Waals surface area (Å²) in [6.07, 6.45) is 1.21. The van der Waals surface area contributed by atoms with Gasteiger partial charge < -0.3 is 10.1 Å². The molecule has 6 nitrogen and oxygen atoms in total. The van der Waals surface area contributed by atoms with Crippen molar-refractivity contribution in [2.24, 2.45) is 0 Å². The number of carbonyl (C=O) groups is 1. The van der Waals surface area contributed by atoms with Gasteiger partial charge in [-0.05, 0) is 55.7 Å². The van der Waals surface area contributed by atoms with Crippen LogP contribution in [0.4, 0.5) is 5.69 Å². The van der Waals surface area contributed by atoms with Crippen LogP contribution in [0.2, 0.25) is 0 Å². The summed E-state index contributed by atoms with van der Waals surface area (Å²) in [6.45, 7) is 6.82. The molecule has 3 rings (SSSR count). The zero-order chi connectivity index (χ0) is 24.0. The number of para-hydroxylation sites is 2. The van der Waals surface area contributed by atoms with E-state index in [9.17, 15) is 13.2 Å². The third-order valence-corrected chi connectivity index (χ3v) is 6.46. The second-order valence-corrected chi connectivity index (χ2v) is 9.84. The third-order valence-electron chi connectivity index (χ3n) is 5.34. The van der Waals surface area contributed by atoms with Crippen molar-refractivity contribution in [1.82, 2.24) is 5.32 Å². The average Bonchev–Trinajstić information content (AvgIpc) is 2.77. The Morgan fingerprint density at radius 2 is 1.58 bits per heavy atom. The van der Waals surface area contributed by atoms with Crippen LogP contribution in [0.15, 0.2) is 66.7 Å². The molecule has 0 saturated carbocycles. The molecule has 0 aliphatic rings. The molecule has 3 aromatic rings. The maximum absolute atomic E-state index is 12.6. The van der Waals surface area contributed by atoms with Crippen LogP contribution in [0.3, 0.4) is 0 Å². The maximum atomic E-state index is 12.6. The molecule has 0 aliphatic carbocycles. The van der Waals surface area contributed by atoms with Gasteiger partial charge in [0.05, 0.1) is 25.1 Å². The number of benzene rings is 3. The van der Waals surface area contributed by atoms with Gasteiger partial charge >= 0.3 is 0 Å². The van der Waals surface area contributed by atoms with E-state index in [1.807, 2.05) is 63.2 Å². The van der Waals surface area contributed by atoms with Gasteiger partial charge in [0.25, 0.3) is 5.91 Å². The van der Waals surface area contributed by atoms with Crippen LogP contribution in [0.25, 0.3) is 0 Å². The molecule has 3 aromatic carbocycles. The first-order chi connectivity index (χ1) is 15.7. The van der Waals surface area contributed by atoms with Gasteiger partial charge in [-0.25, -0.2) is 8.42 Å². The van der Waals surface area contributed by atoms with E-state index in [4.69, 9.17) is 4.74 Å². The summed E-state index contributed by atoms with van der Waals surface area (Å²) in [4.78, 5) is 12.6. The van der Waals surface area contributed by atoms with E-state index in [-0.39, 0.29) is 12.5 Å². The molecule has 0 unspecified atom stereocenters. The van der Waals surface area contributed by atoms with Crippen LogP contribution in [-0.2, 0) is 23.1 Å². The molecule has 0 aromatic heterocycles. The Kier molecular flexibility index (Phi) is 7.76. The van der Waals surface area contributed by atoms with Crippen LogP contribution in [0.1, 0.15) is 39.5 Å². The number of anilines is 1. The van der Waals surface area contributed by atoms with Crippen molar-refractivity contribution in [3.05, 3.63) is 94.5 Å². The number of rotatable bonds is 9. The number of hydrogen-bond donors (Lipinski definition) is 1. The molecule has 7 heteroatoms. The van der Waals surface area contributed by atoms with Crippen LogP contribution >= 0.6 is 0 Å². The zero-order valence-corrected chi connectivity index (χ0v) is 20.3. The van der Waals surface area contributed by atoms with Crippen LogP contribution < -0.4 is 14.4 Å². The van der Waals surface area contributed by atoms with Gasteiger partial charge in [-0.2, -0.15) is 0 Å². The first-order valence-electron chi connectivity index (χ1n) is 10.8. The van der Waals surface area contributed by atoms with Gasteiger partial charge in [0.1, 0.15) is 5.75 Å². The van der Waals surface area contributed by atoms with E-state index in [1.54, 1.807) is 24.3 Å². The lowest BCUT2D eigenvalue weighted by molar-refractivity contribution is 0.0950. The topological polar surface area (TPSA) is 75.7 Å². The first kappa shape index (κ1) is 24.3. The van der Waals surface area contributed by atoms with Crippen molar-refractivity contribution >= 4 is 21.6 Å². The van der Waals surface area contributed by atoms with Crippen LogP contribution in [0.5, 0.6) is 5.75 Å². The molecular weight excluding hydrogens is 436 g/mol. The Balaban J connectivity index is 1.73. The fourth-order valence-corrected chi connectivity index (χ4v) is 4.72. The molecule has 0 saturated heterocycles. The first-order valence-corrected chi connectivity index (χ1v) is 12.7. The third kappa shape index (κ3) is 6.14. The predicted octanol–water partition coefficient (Wildman–Crippen LogP) is 4.60. The van der Waals surface area contributed by atoms with Gasteiger partial charge in [0, 0.05) is 17.7 Å². The van der Waals surface area contributed by atoms with E-state index in [0.717, 1.165) is 28.0 Å². The van der Waals surface area contributed by atoms with Gasteiger partial charge in [0.15, 0.2) is 0 Å². The van der Waals surface area contributed by atoms with E-state index < -0.39 is 10.0 Å². The Bertz CT molecular complexity index is 1200. The number of amides is 1. The highest BCUT2D eigenvalue weighted by molar-refractivity contribution is 7.92. The fourth-order valence-electron chi connectivity index (χ4n) is 3.71. The quantitative estimate of drug-likeness (QED) is 0.500. The number of nitrogens with one attached hydrogen (secondary N) is 1. The predicted molar refractivity (Wildman–Crippen MR) is 132 cm³/mol. The number of ether oxygens (including phenoxy) is 1. The minimum atomic E-state index is -3.49. The number of hydrogen-bond acceptors (Lipinski definition) is 4. The van der Waals surface area contributed by atoms with Crippen LogP contribution in [-0.4, -0.2) is 27.2 Å². The summed E-state index contributed by atoms with van der Waals surface area (Å²) in [7, 11) is -3.49. The van der Waals surface area contributed by atoms with Crippen molar-refractivity contribution in [2.75, 3.05) is 17.2 Å². The molecule has 33 heavy (non-hydrogen) atoms. The van der Waals surface area contributed by atoms with Crippen molar-refractivity contribution < 1.29 is 17.9 Å². The number of carbonyl (C=O) groups excluding carboxylic acids is 1. The normalized spacial score (nSPS) is 11.2. The molecule has 0 heterocycles. The highest BCUT2D eigenvalue weighted by Crippen LogP contribution is 2.28. The zero-order valence-electron chi connectivity index (χ0n) is 19.5. The fraction of sp³-hybridized carbons (Fsp3) is 0.269. The summed E-state index contributed by atoms with van der Waals surface area (Å²) in [5.41, 5.74) is 4.68. The van der Waals surface area contributed by atoms with E-state index in [1.165, 1.54) is 10.6 Å². The Labute approximate surface area is 196 Å². The van der Waals surface area contributed by atoms with Crippen molar-refractivity contribution in [3.63, 3.8) is 0 Å².